The van der Waals surface area contributed by atoms with Crippen molar-refractivity contribution in [2.75, 3.05) is 12.4 Å². The van der Waals surface area contributed by atoms with Crippen LogP contribution in [0.2, 0.25) is 0 Å². The first-order chi connectivity index (χ1) is 15.1. The van der Waals surface area contributed by atoms with Gasteiger partial charge in [0.2, 0.25) is 5.91 Å². The lowest BCUT2D eigenvalue weighted by Crippen LogP contribution is -2.46. The number of unbranched alkanes of at least 4 members (excludes halogenated alkanes) is 4. The normalized spacial score (nSPS) is 20.9. The van der Waals surface area contributed by atoms with Crippen molar-refractivity contribution < 1.29 is 27.9 Å². The van der Waals surface area contributed by atoms with Crippen molar-refractivity contribution in [1.82, 2.24) is 4.72 Å². The second-order valence-corrected chi connectivity index (χ2v) is 9.71. The molecule has 5 N–H and O–H groups in total. The first-order valence-corrected chi connectivity index (χ1v) is 12.2. The summed E-state index contributed by atoms with van der Waals surface area (Å²) in [5.41, 5.74) is 4.77. The third-order valence-corrected chi connectivity index (χ3v) is 6.96. The van der Waals surface area contributed by atoms with Gasteiger partial charge in [0.15, 0.2) is 6.29 Å². The minimum Gasteiger partial charge on any atom is -0.368 e. The number of nitrogens with two attached hydrogens (primary N) is 1. The van der Waals surface area contributed by atoms with Crippen LogP contribution in [-0.4, -0.2) is 44.3 Å². The number of aliphatic hydroxyl groups excluding tert-OH is 1. The Kier molecular flexibility index (Phi) is 9.38. The van der Waals surface area contributed by atoms with Crippen LogP contribution >= 0.6 is 0 Å². The van der Waals surface area contributed by atoms with Gasteiger partial charge in [-0.25, -0.2) is 13.1 Å². The molecule has 2 rings (SSSR count). The molecule has 1 aromatic carbocycles. The van der Waals surface area contributed by atoms with Crippen molar-refractivity contribution in [3.8, 4) is 0 Å². The molecule has 1 saturated carbocycles. The highest BCUT2D eigenvalue weighted by molar-refractivity contribution is 7.90. The number of methoxy groups -OCH3 is 1. The van der Waals surface area contributed by atoms with Crippen LogP contribution in [0.15, 0.2) is 41.8 Å². The molecule has 178 valence electrons. The Labute approximate surface area is 189 Å². The number of carbonyl (C=O) groups excluding carboxylic acids is 2. The van der Waals surface area contributed by atoms with Crippen molar-refractivity contribution in [3.05, 3.63) is 36.9 Å². The first kappa shape index (κ1) is 26.0. The zero-order chi connectivity index (χ0) is 23.8. The van der Waals surface area contributed by atoms with Gasteiger partial charge in [-0.05, 0) is 37.8 Å². The van der Waals surface area contributed by atoms with E-state index >= 15 is 0 Å². The van der Waals surface area contributed by atoms with Gasteiger partial charge in [0, 0.05) is 19.4 Å². The molecule has 1 fully saturated rings. The second kappa shape index (κ2) is 11.6. The van der Waals surface area contributed by atoms with Crippen LogP contribution in [0.5, 0.6) is 0 Å². The van der Waals surface area contributed by atoms with Gasteiger partial charge in [0.25, 0.3) is 15.9 Å². The minimum atomic E-state index is -4.21. The molecule has 32 heavy (non-hydrogen) atoms. The fourth-order valence-corrected chi connectivity index (χ4v) is 4.61. The van der Waals surface area contributed by atoms with E-state index in [1.54, 1.807) is 6.07 Å². The van der Waals surface area contributed by atoms with Crippen LogP contribution in [0.25, 0.3) is 0 Å². The number of amides is 2. The Hall–Kier alpha value is -2.27. The number of ether oxygens (including phenoxy) is 1. The Balaban J connectivity index is 1.85. The molecule has 3 atom stereocenters. The highest BCUT2D eigenvalue weighted by Crippen LogP contribution is 2.42. The van der Waals surface area contributed by atoms with E-state index in [1.165, 1.54) is 31.4 Å². The molecule has 0 radical (unpaired) electrons. The Morgan fingerprint density at radius 2 is 1.94 bits per heavy atom. The number of carbonyl (C=O) groups is 2. The average molecular weight is 468 g/mol. The number of sulfonamides is 1. The number of rotatable bonds is 14. The van der Waals surface area contributed by atoms with Gasteiger partial charge in [0.05, 0.1) is 5.69 Å². The predicted octanol–water partition coefficient (Wildman–Crippen LogP) is 2.03. The van der Waals surface area contributed by atoms with Crippen molar-refractivity contribution in [1.29, 1.82) is 0 Å². The zero-order valence-electron chi connectivity index (χ0n) is 18.4. The van der Waals surface area contributed by atoms with Crippen molar-refractivity contribution in [2.45, 2.75) is 68.1 Å². The third kappa shape index (κ3) is 7.13. The van der Waals surface area contributed by atoms with E-state index < -0.39 is 27.8 Å². The van der Waals surface area contributed by atoms with Crippen LogP contribution < -0.4 is 15.8 Å². The van der Waals surface area contributed by atoms with Crippen LogP contribution in [0.1, 0.15) is 51.4 Å². The molecule has 0 heterocycles. The molecule has 10 heteroatoms. The number of hydrogen-bond acceptors (Lipinski definition) is 7. The predicted molar refractivity (Wildman–Crippen MR) is 121 cm³/mol. The summed E-state index contributed by atoms with van der Waals surface area (Å²) in [4.78, 5) is 24.5. The number of nitrogens with one attached hydrogen (secondary N) is 2. The monoisotopic (exact) mass is 467 g/mol. The molecule has 1 unspecified atom stereocenters. The van der Waals surface area contributed by atoms with Crippen LogP contribution in [0.3, 0.4) is 0 Å². The molecular formula is C22H33N3O6S. The van der Waals surface area contributed by atoms with Gasteiger partial charge in [-0.15, -0.1) is 6.58 Å². The molecule has 1 aromatic rings. The fraction of sp³-hybridized carbons (Fsp3) is 0.545. The number of aliphatic hydroxyl groups is 1. The standard InChI is InChI=1S/C22H33N3O6S/c1-3-16-15-22(16,23)21(28)25-32(29,30)18-12-10-9-11-17(18)24-19(26)13-7-5-4-6-8-14-20(27)31-2/h3,9-12,16,20,27H,1,4-8,13-15,23H2,2H3,(H,24,26)(H,25,28)/t16-,20?,22-/m1/s1. The maximum Gasteiger partial charge on any atom is 0.266 e. The summed E-state index contributed by atoms with van der Waals surface area (Å²) >= 11 is 0. The zero-order valence-corrected chi connectivity index (χ0v) is 19.2. The number of anilines is 1. The van der Waals surface area contributed by atoms with Crippen LogP contribution in [0, 0.1) is 5.92 Å². The number of hydrogen-bond donors (Lipinski definition) is 4. The van der Waals surface area contributed by atoms with Crippen molar-refractivity contribution >= 4 is 27.5 Å². The molecule has 0 bridgehead atoms. The minimum absolute atomic E-state index is 0.105. The second-order valence-electron chi connectivity index (χ2n) is 8.06. The van der Waals surface area contributed by atoms with Crippen molar-refractivity contribution in [3.63, 3.8) is 0 Å². The SMILES string of the molecule is C=C[C@@H]1C[C@]1(N)C(=O)NS(=O)(=O)c1ccccc1NC(=O)CCCCCCCC(O)OC. The smallest absolute Gasteiger partial charge is 0.266 e. The average Bonchev–Trinajstić information content (AvgIpc) is 3.44. The molecule has 2 amide bonds. The summed E-state index contributed by atoms with van der Waals surface area (Å²) in [6.45, 7) is 3.59. The van der Waals surface area contributed by atoms with Gasteiger partial charge in [-0.2, -0.15) is 0 Å². The van der Waals surface area contributed by atoms with E-state index in [0.29, 0.717) is 19.3 Å². The van der Waals surface area contributed by atoms with Gasteiger partial charge >= 0.3 is 0 Å². The molecule has 0 spiro atoms. The Bertz CT molecular complexity index is 920. The maximum absolute atomic E-state index is 12.8. The van der Waals surface area contributed by atoms with E-state index in [2.05, 4.69) is 11.9 Å². The Morgan fingerprint density at radius 1 is 1.28 bits per heavy atom. The molecule has 9 nitrogen and oxygen atoms in total. The summed E-state index contributed by atoms with van der Waals surface area (Å²) < 4.78 is 32.3. The van der Waals surface area contributed by atoms with Gasteiger partial charge in [-0.1, -0.05) is 37.5 Å². The first-order valence-electron chi connectivity index (χ1n) is 10.7. The quantitative estimate of drug-likeness (QED) is 0.186. The molecular weight excluding hydrogens is 434 g/mol. The summed E-state index contributed by atoms with van der Waals surface area (Å²) in [7, 11) is -2.76. The van der Waals surface area contributed by atoms with Crippen LogP contribution in [-0.2, 0) is 24.3 Å². The van der Waals surface area contributed by atoms with Gasteiger partial charge < -0.3 is 20.9 Å². The lowest BCUT2D eigenvalue weighted by molar-refractivity contribution is -0.121. The van der Waals surface area contributed by atoms with E-state index in [0.717, 1.165) is 25.7 Å². The van der Waals surface area contributed by atoms with Gasteiger partial charge in [0.1, 0.15) is 10.4 Å². The van der Waals surface area contributed by atoms with Gasteiger partial charge in [-0.3, -0.25) is 9.59 Å². The lowest BCUT2D eigenvalue weighted by atomic mass is 10.1. The highest BCUT2D eigenvalue weighted by atomic mass is 32.2. The molecule has 0 aliphatic heterocycles. The van der Waals surface area contributed by atoms with E-state index in [4.69, 9.17) is 10.5 Å². The fourth-order valence-electron chi connectivity index (χ4n) is 3.40. The third-order valence-electron chi connectivity index (χ3n) is 5.57. The topological polar surface area (TPSA) is 148 Å². The molecule has 1 aliphatic rings. The Morgan fingerprint density at radius 3 is 2.59 bits per heavy atom. The van der Waals surface area contributed by atoms with E-state index in [-0.39, 0.29) is 28.8 Å². The van der Waals surface area contributed by atoms with Crippen LogP contribution in [0.4, 0.5) is 5.69 Å². The largest absolute Gasteiger partial charge is 0.368 e. The van der Waals surface area contributed by atoms with Crippen molar-refractivity contribution in [2.24, 2.45) is 11.7 Å². The summed E-state index contributed by atoms with van der Waals surface area (Å²) in [5, 5.41) is 11.9. The van der Waals surface area contributed by atoms with E-state index in [1.807, 2.05) is 4.72 Å². The summed E-state index contributed by atoms with van der Waals surface area (Å²) in [5.74, 6) is -1.36. The van der Waals surface area contributed by atoms with E-state index in [9.17, 15) is 23.1 Å². The molecule has 0 saturated heterocycles. The molecule has 0 aromatic heterocycles. The number of para-hydroxylation sites is 1. The lowest BCUT2D eigenvalue weighted by Gasteiger charge is -2.15. The summed E-state index contributed by atoms with van der Waals surface area (Å²) in [6, 6.07) is 5.90. The molecule has 1 aliphatic carbocycles. The highest BCUT2D eigenvalue weighted by Gasteiger charge is 2.56. The number of benzene rings is 1. The summed E-state index contributed by atoms with van der Waals surface area (Å²) in [6.07, 6.45) is 6.16. The maximum atomic E-state index is 12.8.